The maximum absolute atomic E-state index is 3.98. The normalized spacial score (nSPS) is 11.2. The van der Waals surface area contributed by atoms with Crippen molar-refractivity contribution < 1.29 is 21.1 Å². The van der Waals surface area contributed by atoms with Gasteiger partial charge in [-0.3, -0.25) is 0 Å². The molecule has 0 fully saturated rings. The van der Waals surface area contributed by atoms with Crippen molar-refractivity contribution >= 4 is 15.8 Å². The molecule has 0 nitrogen and oxygen atoms in total. The first kappa shape index (κ1) is 32.2. The van der Waals surface area contributed by atoms with E-state index < -0.39 is 0 Å². The maximum atomic E-state index is 3.98. The molecule has 0 aliphatic carbocycles. The molecule has 0 bridgehead atoms. The molecular weight excluding hydrogens is 497 g/mol. The molecule has 0 unspecified atom stereocenters. The third-order valence-electron chi connectivity index (χ3n) is 4.83. The van der Waals surface area contributed by atoms with Crippen LogP contribution in [0.1, 0.15) is 69.2 Å². The summed E-state index contributed by atoms with van der Waals surface area (Å²) < 4.78 is 0. The minimum absolute atomic E-state index is 0. The van der Waals surface area contributed by atoms with Gasteiger partial charge in [-0.15, -0.1) is 0 Å². The summed E-state index contributed by atoms with van der Waals surface area (Å²) in [5, 5.41) is 0. The smallest absolute Gasteiger partial charge is 0.340 e. The Bertz CT molecular complexity index is 174. The molecule has 0 aliphatic rings. The van der Waals surface area contributed by atoms with Crippen molar-refractivity contribution in [2.24, 2.45) is 10.8 Å². The Kier molecular flexibility index (Phi) is 25.7. The van der Waals surface area contributed by atoms with Crippen LogP contribution >= 0.6 is 15.8 Å². The zero-order valence-corrected chi connectivity index (χ0v) is 22.2. The zero-order valence-electron chi connectivity index (χ0n) is 18.0. The molecule has 0 saturated carbocycles. The molecule has 0 aromatic carbocycles. The summed E-state index contributed by atoms with van der Waals surface area (Å²) in [6.45, 7) is 30.2. The van der Waals surface area contributed by atoms with Crippen molar-refractivity contribution in [2.45, 2.75) is 69.2 Å². The van der Waals surface area contributed by atoms with Crippen LogP contribution < -0.4 is 0 Å². The second kappa shape index (κ2) is 18.3. The predicted molar refractivity (Wildman–Crippen MR) is 118 cm³/mol. The van der Waals surface area contributed by atoms with Gasteiger partial charge in [-0.2, -0.15) is 10.8 Å². The Labute approximate surface area is 167 Å². The molecule has 0 aliphatic heterocycles. The molecule has 0 N–H and O–H groups in total. The first-order valence-electron chi connectivity index (χ1n) is 9.32. The quantitative estimate of drug-likeness (QED) is 0.234. The SMILES string of the molecule is CC[PH+](CC)CC.CC[PH+](CC)CC.[CH2-]C(C)(C)C([CH2-])(C)C.[Pt+2]. The van der Waals surface area contributed by atoms with E-state index in [9.17, 15) is 0 Å². The second-order valence-electron chi connectivity index (χ2n) is 7.39. The predicted octanol–water partition coefficient (Wildman–Crippen LogP) is 7.23. The fraction of sp³-hybridized carbons (Fsp3) is 0.900. The third kappa shape index (κ3) is 21.5. The van der Waals surface area contributed by atoms with Crippen LogP contribution in [0.25, 0.3) is 0 Å². The van der Waals surface area contributed by atoms with Crippen LogP contribution in [-0.2, 0) is 21.1 Å². The van der Waals surface area contributed by atoms with Gasteiger partial charge in [-0.1, -0.05) is 27.7 Å². The van der Waals surface area contributed by atoms with Gasteiger partial charge in [0.05, 0.1) is 37.0 Å². The molecule has 0 saturated heterocycles. The van der Waals surface area contributed by atoms with Crippen LogP contribution in [0.5, 0.6) is 0 Å². The molecule has 23 heavy (non-hydrogen) atoms. The van der Waals surface area contributed by atoms with Crippen LogP contribution in [0.2, 0.25) is 0 Å². The van der Waals surface area contributed by atoms with Crippen molar-refractivity contribution in [3.8, 4) is 0 Å². The molecule has 0 spiro atoms. The second-order valence-corrected chi connectivity index (χ2v) is 14.6. The number of rotatable bonds is 7. The van der Waals surface area contributed by atoms with Crippen molar-refractivity contribution in [1.82, 2.24) is 0 Å². The molecule has 0 atom stereocenters. The monoisotopic (exact) mass is 545 g/mol. The maximum Gasteiger partial charge on any atom is 2.00 e. The summed E-state index contributed by atoms with van der Waals surface area (Å²) in [6.07, 6.45) is 8.74. The molecular formula is C20H48P2Pt+2. The minimum atomic E-state index is 0. The summed E-state index contributed by atoms with van der Waals surface area (Å²) in [4.78, 5) is 0. The number of hydrogen-bond acceptors (Lipinski definition) is 0. The van der Waals surface area contributed by atoms with E-state index in [2.05, 4.69) is 83.1 Å². The minimum Gasteiger partial charge on any atom is -0.340 e. The van der Waals surface area contributed by atoms with Crippen LogP contribution in [0.3, 0.4) is 0 Å². The fourth-order valence-corrected chi connectivity index (χ4v) is 4.50. The van der Waals surface area contributed by atoms with E-state index in [-0.39, 0.29) is 47.7 Å². The van der Waals surface area contributed by atoms with Gasteiger partial charge in [-0.05, 0) is 57.4 Å². The van der Waals surface area contributed by atoms with Crippen LogP contribution in [0, 0.1) is 24.7 Å². The number of hydrogen-bond donors (Lipinski definition) is 0. The van der Waals surface area contributed by atoms with E-state index in [1.807, 2.05) is 0 Å². The molecule has 3 heteroatoms. The summed E-state index contributed by atoms with van der Waals surface area (Å²) in [7, 11) is 0.275. The zero-order chi connectivity index (χ0) is 18.4. The topological polar surface area (TPSA) is 0 Å². The van der Waals surface area contributed by atoms with Gasteiger partial charge < -0.3 is 13.8 Å². The Balaban J connectivity index is -0.000000116. The van der Waals surface area contributed by atoms with E-state index in [0.29, 0.717) is 0 Å². The van der Waals surface area contributed by atoms with E-state index in [1.165, 1.54) is 37.0 Å². The van der Waals surface area contributed by atoms with Crippen LogP contribution in [0.4, 0.5) is 0 Å². The summed E-state index contributed by atoms with van der Waals surface area (Å²) >= 11 is 0. The van der Waals surface area contributed by atoms with E-state index in [4.69, 9.17) is 0 Å². The van der Waals surface area contributed by atoms with Gasteiger partial charge in [0.1, 0.15) is 0 Å². The first-order valence-corrected chi connectivity index (χ1v) is 13.6. The van der Waals surface area contributed by atoms with Crippen LogP contribution in [-0.4, -0.2) is 37.0 Å². The Hall–Kier alpha value is 1.55. The molecule has 0 aromatic rings. The van der Waals surface area contributed by atoms with E-state index in [1.54, 1.807) is 0 Å². The van der Waals surface area contributed by atoms with Crippen molar-refractivity contribution in [1.29, 1.82) is 0 Å². The van der Waals surface area contributed by atoms with Crippen LogP contribution in [0.15, 0.2) is 0 Å². The standard InChI is InChI=1S/C8H16.2C6H15P.Pt/c1-7(2,3)8(4,5)6;2*1-4-7(5-2)6-3;/h1,4H2,2-3,5-6H3;2*4-6H2,1-3H3;/q-2;;;+2/p+2. The molecule has 0 aromatic heterocycles. The molecule has 0 amide bonds. The van der Waals surface area contributed by atoms with Gasteiger partial charge in [0.25, 0.3) is 0 Å². The summed E-state index contributed by atoms with van der Waals surface area (Å²) in [5.41, 5.74) is 0.153. The average molecular weight is 546 g/mol. The molecule has 0 radical (unpaired) electrons. The molecule has 146 valence electrons. The van der Waals surface area contributed by atoms with Gasteiger partial charge in [-0.25, -0.2) is 0 Å². The van der Waals surface area contributed by atoms with E-state index in [0.717, 1.165) is 0 Å². The summed E-state index contributed by atoms with van der Waals surface area (Å²) in [6, 6.07) is 0. The molecule has 0 rings (SSSR count). The van der Waals surface area contributed by atoms with Gasteiger partial charge in [0, 0.05) is 0 Å². The largest absolute Gasteiger partial charge is 2.00 e. The third-order valence-corrected chi connectivity index (χ3v) is 10.8. The van der Waals surface area contributed by atoms with Crippen molar-refractivity contribution in [3.63, 3.8) is 0 Å². The van der Waals surface area contributed by atoms with Crippen molar-refractivity contribution in [2.75, 3.05) is 37.0 Å². The first-order chi connectivity index (χ1) is 9.94. The van der Waals surface area contributed by atoms with Crippen molar-refractivity contribution in [3.05, 3.63) is 13.8 Å². The Morgan fingerprint density at radius 3 is 0.652 bits per heavy atom. The molecule has 0 heterocycles. The van der Waals surface area contributed by atoms with Gasteiger partial charge >= 0.3 is 21.1 Å². The van der Waals surface area contributed by atoms with Gasteiger partial charge in [0.2, 0.25) is 0 Å². The van der Waals surface area contributed by atoms with E-state index >= 15 is 0 Å². The Morgan fingerprint density at radius 1 is 0.522 bits per heavy atom. The summed E-state index contributed by atoms with van der Waals surface area (Å²) in [5.74, 6) is 0. The van der Waals surface area contributed by atoms with Gasteiger partial charge in [0.15, 0.2) is 0 Å². The average Bonchev–Trinajstić information content (AvgIpc) is 2.42. The fourth-order valence-electron chi connectivity index (χ4n) is 1.50. The Morgan fingerprint density at radius 2 is 0.652 bits per heavy atom.